The molecule has 0 saturated heterocycles. The zero-order valence-electron chi connectivity index (χ0n) is 20.7. The molecule has 1 heterocycles. The molecule has 0 spiro atoms. The lowest BCUT2D eigenvalue weighted by Crippen LogP contribution is -2.37. The SMILES string of the molecule is CCOC(=O)c1cccc([N+](=O)[O-])c1N(Cc1ccc(-c2cc(C#N)[nH]c2Br)cc1)C(=O)OC(C)(C)C. The third-order valence-electron chi connectivity index (χ3n) is 5.09. The summed E-state index contributed by atoms with van der Waals surface area (Å²) < 4.78 is 11.3. The van der Waals surface area contributed by atoms with E-state index >= 15 is 0 Å². The number of H-pyrrole nitrogens is 1. The van der Waals surface area contributed by atoms with Crippen molar-refractivity contribution in [3.05, 3.63) is 80.1 Å². The van der Waals surface area contributed by atoms with Crippen LogP contribution < -0.4 is 4.90 Å². The second-order valence-corrected chi connectivity index (χ2v) is 9.73. The molecule has 3 aromatic rings. The number of amides is 1. The molecule has 1 aromatic heterocycles. The highest BCUT2D eigenvalue weighted by molar-refractivity contribution is 9.10. The molecule has 0 aliphatic rings. The number of aromatic amines is 1. The lowest BCUT2D eigenvalue weighted by molar-refractivity contribution is -0.384. The van der Waals surface area contributed by atoms with Crippen molar-refractivity contribution in [1.29, 1.82) is 5.26 Å². The molecule has 192 valence electrons. The van der Waals surface area contributed by atoms with Gasteiger partial charge >= 0.3 is 12.1 Å². The second-order valence-electron chi connectivity index (χ2n) is 8.94. The van der Waals surface area contributed by atoms with Gasteiger partial charge in [-0.15, -0.1) is 0 Å². The number of carbonyl (C=O) groups excluding carboxylic acids is 2. The monoisotopic (exact) mass is 568 g/mol. The molecule has 0 atom stereocenters. The van der Waals surface area contributed by atoms with Gasteiger partial charge < -0.3 is 14.5 Å². The van der Waals surface area contributed by atoms with Crippen LogP contribution in [-0.2, 0) is 16.0 Å². The van der Waals surface area contributed by atoms with Crippen molar-refractivity contribution in [2.75, 3.05) is 11.5 Å². The fourth-order valence-corrected chi connectivity index (χ4v) is 4.12. The van der Waals surface area contributed by atoms with Crippen molar-refractivity contribution < 1.29 is 24.0 Å². The normalized spacial score (nSPS) is 10.9. The van der Waals surface area contributed by atoms with Gasteiger partial charge in [-0.05, 0) is 66.9 Å². The molecular formula is C26H25BrN4O6. The number of benzene rings is 2. The maximum atomic E-state index is 13.3. The number of hydrogen-bond acceptors (Lipinski definition) is 7. The van der Waals surface area contributed by atoms with Crippen LogP contribution in [0, 0.1) is 21.4 Å². The van der Waals surface area contributed by atoms with Gasteiger partial charge in [-0.25, -0.2) is 9.59 Å². The van der Waals surface area contributed by atoms with Gasteiger partial charge in [-0.1, -0.05) is 30.3 Å². The fraction of sp³-hybridized carbons (Fsp3) is 0.269. The molecule has 10 nitrogen and oxygen atoms in total. The van der Waals surface area contributed by atoms with Crippen molar-refractivity contribution in [3.63, 3.8) is 0 Å². The number of ether oxygens (including phenoxy) is 2. The Morgan fingerprint density at radius 3 is 2.41 bits per heavy atom. The van der Waals surface area contributed by atoms with Gasteiger partial charge in [0.1, 0.15) is 23.1 Å². The molecule has 0 fully saturated rings. The van der Waals surface area contributed by atoms with E-state index in [1.54, 1.807) is 58.0 Å². The predicted molar refractivity (Wildman–Crippen MR) is 140 cm³/mol. The van der Waals surface area contributed by atoms with E-state index in [0.29, 0.717) is 15.9 Å². The van der Waals surface area contributed by atoms with E-state index in [4.69, 9.17) is 14.7 Å². The average Bonchev–Trinajstić information content (AvgIpc) is 3.22. The number of esters is 1. The fourth-order valence-electron chi connectivity index (χ4n) is 3.56. The van der Waals surface area contributed by atoms with E-state index in [2.05, 4.69) is 20.9 Å². The number of nitro groups is 1. The molecule has 1 amide bonds. The molecule has 2 aromatic carbocycles. The largest absolute Gasteiger partial charge is 0.462 e. The van der Waals surface area contributed by atoms with Crippen LogP contribution in [0.4, 0.5) is 16.2 Å². The summed E-state index contributed by atoms with van der Waals surface area (Å²) in [6.07, 6.45) is -0.858. The van der Waals surface area contributed by atoms with Crippen LogP contribution in [0.15, 0.2) is 53.1 Å². The van der Waals surface area contributed by atoms with E-state index in [9.17, 15) is 19.7 Å². The minimum absolute atomic E-state index is 0.0527. The average molecular weight is 569 g/mol. The quantitative estimate of drug-likeness (QED) is 0.199. The van der Waals surface area contributed by atoms with E-state index in [1.807, 2.05) is 6.07 Å². The molecular weight excluding hydrogens is 544 g/mol. The van der Waals surface area contributed by atoms with Crippen molar-refractivity contribution in [1.82, 2.24) is 4.98 Å². The zero-order valence-corrected chi connectivity index (χ0v) is 22.3. The second kappa shape index (κ2) is 11.3. The van der Waals surface area contributed by atoms with Gasteiger partial charge in [0.15, 0.2) is 0 Å². The molecule has 0 radical (unpaired) electrons. The molecule has 37 heavy (non-hydrogen) atoms. The van der Waals surface area contributed by atoms with Crippen LogP contribution in [0.1, 0.15) is 49.3 Å². The maximum absolute atomic E-state index is 13.3. The first-order valence-corrected chi connectivity index (χ1v) is 12.1. The molecule has 1 N–H and O–H groups in total. The predicted octanol–water partition coefficient (Wildman–Crippen LogP) is 6.34. The van der Waals surface area contributed by atoms with Crippen LogP contribution in [0.3, 0.4) is 0 Å². The Morgan fingerprint density at radius 2 is 1.86 bits per heavy atom. The van der Waals surface area contributed by atoms with Crippen LogP contribution in [0.25, 0.3) is 11.1 Å². The molecule has 0 bridgehead atoms. The van der Waals surface area contributed by atoms with Crippen molar-refractivity contribution in [3.8, 4) is 17.2 Å². The summed E-state index contributed by atoms with van der Waals surface area (Å²) in [5, 5.41) is 21.1. The van der Waals surface area contributed by atoms with E-state index in [-0.39, 0.29) is 24.4 Å². The topological polar surface area (TPSA) is 139 Å². The first kappa shape index (κ1) is 27.4. The summed E-state index contributed by atoms with van der Waals surface area (Å²) in [7, 11) is 0. The van der Waals surface area contributed by atoms with Gasteiger partial charge in [0, 0.05) is 11.6 Å². The minimum atomic E-state index is -0.897. The van der Waals surface area contributed by atoms with E-state index in [1.165, 1.54) is 18.2 Å². The number of nitrogens with one attached hydrogen (secondary N) is 1. The van der Waals surface area contributed by atoms with Gasteiger partial charge in [0.05, 0.1) is 28.2 Å². The third-order valence-corrected chi connectivity index (χ3v) is 5.71. The Kier molecular flexibility index (Phi) is 8.35. The number of halogens is 1. The van der Waals surface area contributed by atoms with E-state index < -0.39 is 28.3 Å². The summed E-state index contributed by atoms with van der Waals surface area (Å²) in [5.41, 5.74) is 0.917. The Balaban J connectivity index is 2.09. The highest BCUT2D eigenvalue weighted by Crippen LogP contribution is 2.35. The van der Waals surface area contributed by atoms with Gasteiger partial charge in [-0.3, -0.25) is 15.0 Å². The van der Waals surface area contributed by atoms with Gasteiger partial charge in [-0.2, -0.15) is 5.26 Å². The summed E-state index contributed by atoms with van der Waals surface area (Å²) in [6, 6.07) is 14.8. The third kappa shape index (κ3) is 6.54. The number of hydrogen-bond donors (Lipinski definition) is 1. The minimum Gasteiger partial charge on any atom is -0.462 e. The van der Waals surface area contributed by atoms with E-state index in [0.717, 1.165) is 16.0 Å². The molecule has 11 heteroatoms. The smallest absolute Gasteiger partial charge is 0.415 e. The number of nitro benzene ring substituents is 1. The Labute approximate surface area is 222 Å². The van der Waals surface area contributed by atoms with Crippen molar-refractivity contribution in [2.45, 2.75) is 39.8 Å². The number of nitrogens with zero attached hydrogens (tertiary/aromatic N) is 3. The van der Waals surface area contributed by atoms with Crippen LogP contribution in [0.2, 0.25) is 0 Å². The summed E-state index contributed by atoms with van der Waals surface area (Å²) in [4.78, 5) is 41.3. The lowest BCUT2D eigenvalue weighted by atomic mass is 10.1. The molecule has 0 saturated carbocycles. The highest BCUT2D eigenvalue weighted by atomic mass is 79.9. The number of nitriles is 1. The lowest BCUT2D eigenvalue weighted by Gasteiger charge is -2.28. The van der Waals surface area contributed by atoms with Gasteiger partial charge in [0.25, 0.3) is 5.69 Å². The van der Waals surface area contributed by atoms with Crippen LogP contribution >= 0.6 is 15.9 Å². The summed E-state index contributed by atoms with van der Waals surface area (Å²) in [6.45, 7) is 6.57. The van der Waals surface area contributed by atoms with Crippen molar-refractivity contribution in [2.24, 2.45) is 0 Å². The number of para-hydroxylation sites is 1. The Morgan fingerprint density at radius 1 is 1.19 bits per heavy atom. The summed E-state index contributed by atoms with van der Waals surface area (Å²) >= 11 is 3.40. The van der Waals surface area contributed by atoms with Crippen LogP contribution in [0.5, 0.6) is 0 Å². The zero-order chi connectivity index (χ0) is 27.3. The summed E-state index contributed by atoms with van der Waals surface area (Å²) in [5.74, 6) is -0.796. The first-order chi connectivity index (χ1) is 17.4. The Hall–Kier alpha value is -4.17. The molecule has 0 unspecified atom stereocenters. The van der Waals surface area contributed by atoms with Gasteiger partial charge in [0.2, 0.25) is 0 Å². The molecule has 0 aliphatic carbocycles. The molecule has 3 rings (SSSR count). The number of carbonyl (C=O) groups is 2. The molecule has 0 aliphatic heterocycles. The standard InChI is InChI=1S/C26H25BrN4O6/c1-5-36-24(32)19-7-6-8-21(31(34)35)22(19)30(25(33)37-26(2,3)4)15-16-9-11-17(12-10-16)20-13-18(14-28)29-23(20)27/h6-13,29H,5,15H2,1-4H3. The van der Waals surface area contributed by atoms with Crippen LogP contribution in [-0.4, -0.2) is 34.2 Å². The Bertz CT molecular complexity index is 1370. The number of aromatic nitrogens is 1. The van der Waals surface area contributed by atoms with Crippen molar-refractivity contribution >= 4 is 39.4 Å². The first-order valence-electron chi connectivity index (χ1n) is 11.3. The highest BCUT2D eigenvalue weighted by Gasteiger charge is 2.33. The maximum Gasteiger partial charge on any atom is 0.415 e. The number of rotatable bonds is 7. The number of anilines is 1.